The lowest BCUT2D eigenvalue weighted by atomic mass is 9.92. The zero-order valence-corrected chi connectivity index (χ0v) is 14.4. The second-order valence-corrected chi connectivity index (χ2v) is 7.93. The second-order valence-electron chi connectivity index (χ2n) is 7.93. The lowest BCUT2D eigenvalue weighted by Gasteiger charge is -2.38. The fourth-order valence-corrected chi connectivity index (χ4v) is 3.04. The van der Waals surface area contributed by atoms with Crippen molar-refractivity contribution in [3.63, 3.8) is 0 Å². The molecule has 2 unspecified atom stereocenters. The van der Waals surface area contributed by atoms with Crippen LogP contribution < -0.4 is 5.32 Å². The quantitative estimate of drug-likeness (QED) is 0.647. The summed E-state index contributed by atoms with van der Waals surface area (Å²) in [5, 5.41) is 13.4. The molecule has 0 spiro atoms. The van der Waals surface area contributed by atoms with Crippen LogP contribution in [0.1, 0.15) is 60.8 Å². The minimum Gasteiger partial charge on any atom is -0.394 e. The second kappa shape index (κ2) is 7.77. The first-order valence-electron chi connectivity index (χ1n) is 8.38. The first-order chi connectivity index (χ1) is 9.25. The van der Waals surface area contributed by atoms with E-state index in [1.54, 1.807) is 0 Å². The van der Waals surface area contributed by atoms with Gasteiger partial charge in [0, 0.05) is 30.7 Å². The molecule has 2 N–H and O–H groups in total. The van der Waals surface area contributed by atoms with Crippen LogP contribution in [0.4, 0.5) is 0 Å². The molecule has 0 aromatic heterocycles. The molecule has 0 amide bonds. The maximum absolute atomic E-state index is 9.78. The molecular formula is C17H36N2O. The molecule has 0 bridgehead atoms. The van der Waals surface area contributed by atoms with Crippen molar-refractivity contribution < 1.29 is 5.11 Å². The molecule has 0 heterocycles. The Bertz CT molecular complexity index is 266. The van der Waals surface area contributed by atoms with E-state index in [-0.39, 0.29) is 12.1 Å². The predicted octanol–water partition coefficient (Wildman–Crippen LogP) is 2.88. The van der Waals surface area contributed by atoms with Crippen molar-refractivity contribution in [2.75, 3.05) is 19.7 Å². The third-order valence-corrected chi connectivity index (χ3v) is 4.05. The Balaban J connectivity index is 2.58. The van der Waals surface area contributed by atoms with Crippen molar-refractivity contribution in [2.24, 2.45) is 11.8 Å². The van der Waals surface area contributed by atoms with E-state index < -0.39 is 0 Å². The van der Waals surface area contributed by atoms with Gasteiger partial charge in [0.2, 0.25) is 0 Å². The van der Waals surface area contributed by atoms with Crippen molar-refractivity contribution in [1.29, 1.82) is 0 Å². The Morgan fingerprint density at radius 2 is 1.60 bits per heavy atom. The lowest BCUT2D eigenvalue weighted by Crippen LogP contribution is -2.52. The van der Waals surface area contributed by atoms with Gasteiger partial charge in [0.1, 0.15) is 0 Å². The van der Waals surface area contributed by atoms with Crippen molar-refractivity contribution in [1.82, 2.24) is 10.2 Å². The van der Waals surface area contributed by atoms with Gasteiger partial charge >= 0.3 is 0 Å². The van der Waals surface area contributed by atoms with Gasteiger partial charge in [-0.3, -0.25) is 0 Å². The van der Waals surface area contributed by atoms with Gasteiger partial charge in [-0.05, 0) is 44.9 Å². The Labute approximate surface area is 126 Å². The lowest BCUT2D eigenvalue weighted by molar-refractivity contribution is 0.0988. The molecule has 0 aromatic rings. The van der Waals surface area contributed by atoms with Gasteiger partial charge in [-0.15, -0.1) is 0 Å². The third kappa shape index (κ3) is 6.55. The summed E-state index contributed by atoms with van der Waals surface area (Å²) in [5.41, 5.74) is -0.132. The minimum atomic E-state index is -0.132. The standard InChI is InChI=1S/C17H36N2O/c1-13(2)10-19(11-14(3)4)15(5)9-17(6,12-20)18-16-7-8-16/h13-16,18,20H,7-12H2,1-6H3. The van der Waals surface area contributed by atoms with Gasteiger partial charge in [-0.2, -0.15) is 0 Å². The van der Waals surface area contributed by atoms with E-state index in [1.807, 2.05) is 0 Å². The summed E-state index contributed by atoms with van der Waals surface area (Å²) in [6.45, 7) is 16.1. The smallest absolute Gasteiger partial charge is 0.0611 e. The molecule has 1 fully saturated rings. The van der Waals surface area contributed by atoms with Crippen LogP contribution in [0.5, 0.6) is 0 Å². The van der Waals surface area contributed by atoms with Gasteiger partial charge in [-0.25, -0.2) is 0 Å². The van der Waals surface area contributed by atoms with Crippen molar-refractivity contribution in [3.05, 3.63) is 0 Å². The van der Waals surface area contributed by atoms with E-state index in [0.717, 1.165) is 19.5 Å². The van der Waals surface area contributed by atoms with Crippen LogP contribution in [0.15, 0.2) is 0 Å². The summed E-state index contributed by atoms with van der Waals surface area (Å²) in [7, 11) is 0. The monoisotopic (exact) mass is 284 g/mol. The van der Waals surface area contributed by atoms with Crippen LogP contribution in [-0.2, 0) is 0 Å². The van der Waals surface area contributed by atoms with Crippen LogP contribution in [0.2, 0.25) is 0 Å². The maximum Gasteiger partial charge on any atom is 0.0611 e. The van der Waals surface area contributed by atoms with Crippen LogP contribution >= 0.6 is 0 Å². The molecule has 0 aliphatic heterocycles. The van der Waals surface area contributed by atoms with Crippen LogP contribution in [0.3, 0.4) is 0 Å². The van der Waals surface area contributed by atoms with Crippen LogP contribution in [0.25, 0.3) is 0 Å². The highest BCUT2D eigenvalue weighted by Gasteiger charge is 2.34. The van der Waals surface area contributed by atoms with Gasteiger partial charge < -0.3 is 15.3 Å². The molecule has 3 nitrogen and oxygen atoms in total. The first kappa shape index (κ1) is 17.9. The molecule has 1 saturated carbocycles. The number of rotatable bonds is 10. The molecule has 2 atom stereocenters. The molecule has 120 valence electrons. The highest BCUT2D eigenvalue weighted by atomic mass is 16.3. The number of aliphatic hydroxyl groups is 1. The largest absolute Gasteiger partial charge is 0.394 e. The Morgan fingerprint density at radius 1 is 1.10 bits per heavy atom. The number of aliphatic hydroxyl groups excluding tert-OH is 1. The Hall–Kier alpha value is -0.120. The van der Waals surface area contributed by atoms with E-state index in [2.05, 4.69) is 51.8 Å². The molecule has 20 heavy (non-hydrogen) atoms. The van der Waals surface area contributed by atoms with Crippen molar-refractivity contribution in [3.8, 4) is 0 Å². The molecule has 1 rings (SSSR count). The molecule has 0 aromatic carbocycles. The van der Waals surface area contributed by atoms with Crippen LogP contribution in [-0.4, -0.2) is 47.3 Å². The average Bonchev–Trinajstić information content (AvgIpc) is 3.10. The molecule has 1 aliphatic rings. The average molecular weight is 284 g/mol. The highest BCUT2D eigenvalue weighted by Crippen LogP contribution is 2.26. The first-order valence-corrected chi connectivity index (χ1v) is 8.38. The van der Waals surface area contributed by atoms with Gasteiger partial charge in [0.05, 0.1) is 6.61 Å². The zero-order valence-electron chi connectivity index (χ0n) is 14.4. The number of hydrogen-bond donors (Lipinski definition) is 2. The molecule has 0 saturated heterocycles. The molecule has 3 heteroatoms. The van der Waals surface area contributed by atoms with Crippen LogP contribution in [0, 0.1) is 11.8 Å². The summed E-state index contributed by atoms with van der Waals surface area (Å²) in [6, 6.07) is 1.14. The highest BCUT2D eigenvalue weighted by molar-refractivity contribution is 4.94. The minimum absolute atomic E-state index is 0.132. The number of hydrogen-bond acceptors (Lipinski definition) is 3. The van der Waals surface area contributed by atoms with Gasteiger partial charge in [-0.1, -0.05) is 27.7 Å². The molecule has 0 radical (unpaired) electrons. The third-order valence-electron chi connectivity index (χ3n) is 4.05. The van der Waals surface area contributed by atoms with Gasteiger partial charge in [0.25, 0.3) is 0 Å². The van der Waals surface area contributed by atoms with E-state index in [1.165, 1.54) is 12.8 Å². The van der Waals surface area contributed by atoms with Crippen molar-refractivity contribution >= 4 is 0 Å². The van der Waals surface area contributed by atoms with Gasteiger partial charge in [0.15, 0.2) is 0 Å². The summed E-state index contributed by atoms with van der Waals surface area (Å²) in [5.74, 6) is 1.38. The SMILES string of the molecule is CC(C)CN(CC(C)C)C(C)CC(C)(CO)NC1CC1. The van der Waals surface area contributed by atoms with E-state index >= 15 is 0 Å². The number of nitrogens with zero attached hydrogens (tertiary/aromatic N) is 1. The topological polar surface area (TPSA) is 35.5 Å². The Morgan fingerprint density at radius 3 is 1.95 bits per heavy atom. The van der Waals surface area contributed by atoms with Crippen molar-refractivity contribution in [2.45, 2.75) is 78.4 Å². The Kier molecular flexibility index (Phi) is 6.96. The summed E-state index contributed by atoms with van der Waals surface area (Å²) >= 11 is 0. The predicted molar refractivity (Wildman–Crippen MR) is 87.0 cm³/mol. The zero-order chi connectivity index (χ0) is 15.3. The molecular weight excluding hydrogens is 248 g/mol. The van der Waals surface area contributed by atoms with E-state index in [9.17, 15) is 5.11 Å². The fraction of sp³-hybridized carbons (Fsp3) is 1.00. The maximum atomic E-state index is 9.78. The normalized spacial score (nSPS) is 20.7. The fourth-order valence-electron chi connectivity index (χ4n) is 3.04. The van der Waals surface area contributed by atoms with E-state index in [4.69, 9.17) is 0 Å². The summed E-state index contributed by atoms with van der Waals surface area (Å²) in [4.78, 5) is 2.60. The van der Waals surface area contributed by atoms with E-state index in [0.29, 0.717) is 23.9 Å². The molecule has 1 aliphatic carbocycles. The summed E-state index contributed by atoms with van der Waals surface area (Å²) < 4.78 is 0. The number of nitrogens with one attached hydrogen (secondary N) is 1. The summed E-state index contributed by atoms with van der Waals surface area (Å²) in [6.07, 6.45) is 3.55.